The minimum Gasteiger partial charge on any atom is -0.336 e. The lowest BCUT2D eigenvalue weighted by Crippen LogP contribution is -1.89. The molecule has 2 rings (SSSR count). The smallest absolute Gasteiger partial charge is 0.110 e. The molecule has 3 heteroatoms. The molecule has 0 spiro atoms. The van der Waals surface area contributed by atoms with Gasteiger partial charge in [-0.25, -0.2) is 4.98 Å². The molecule has 2 aromatic rings. The molecule has 0 fully saturated rings. The molecule has 0 saturated carbocycles. The van der Waals surface area contributed by atoms with Crippen LogP contribution in [0.5, 0.6) is 0 Å². The van der Waals surface area contributed by atoms with Gasteiger partial charge in [0.1, 0.15) is 16.1 Å². The lowest BCUT2D eigenvalue weighted by molar-refractivity contribution is 0.793. The Morgan fingerprint density at radius 1 is 1.31 bits per heavy atom. The number of imidazole rings is 1. The molecule has 0 radical (unpaired) electrons. The van der Waals surface area contributed by atoms with Crippen LogP contribution in [-0.2, 0) is 0 Å². The molecular formula is C13H15BrN2. The Hall–Kier alpha value is -1.09. The summed E-state index contributed by atoms with van der Waals surface area (Å²) in [5.41, 5.74) is 3.39. The molecule has 0 amide bonds. The summed E-state index contributed by atoms with van der Waals surface area (Å²) in [6.07, 6.45) is 0. The summed E-state index contributed by atoms with van der Waals surface area (Å²) in [4.78, 5) is 7.89. The molecule has 0 atom stereocenters. The highest BCUT2D eigenvalue weighted by molar-refractivity contribution is 9.10. The van der Waals surface area contributed by atoms with Crippen molar-refractivity contribution in [1.82, 2.24) is 9.97 Å². The molecule has 1 aromatic heterocycles. The zero-order valence-electron chi connectivity index (χ0n) is 9.71. The average molecular weight is 279 g/mol. The first-order valence-electron chi connectivity index (χ1n) is 5.40. The van der Waals surface area contributed by atoms with E-state index in [-0.39, 0.29) is 0 Å². The number of H-pyrrole nitrogens is 1. The van der Waals surface area contributed by atoms with Crippen LogP contribution in [0.2, 0.25) is 0 Å². The van der Waals surface area contributed by atoms with E-state index in [1.54, 1.807) is 0 Å². The largest absolute Gasteiger partial charge is 0.336 e. The lowest BCUT2D eigenvalue weighted by Gasteiger charge is -1.99. The Morgan fingerprint density at radius 3 is 2.62 bits per heavy atom. The van der Waals surface area contributed by atoms with Crippen molar-refractivity contribution in [1.29, 1.82) is 0 Å². The summed E-state index contributed by atoms with van der Waals surface area (Å²) >= 11 is 3.53. The normalized spacial score (nSPS) is 11.1. The molecule has 0 bridgehead atoms. The van der Waals surface area contributed by atoms with Crippen LogP contribution in [0.4, 0.5) is 0 Å². The summed E-state index contributed by atoms with van der Waals surface area (Å²) in [7, 11) is 0. The van der Waals surface area contributed by atoms with Gasteiger partial charge in [-0.05, 0) is 28.9 Å². The number of benzene rings is 1. The number of hydrogen-bond acceptors (Lipinski definition) is 1. The van der Waals surface area contributed by atoms with Crippen molar-refractivity contribution in [2.75, 3.05) is 0 Å². The van der Waals surface area contributed by atoms with Crippen molar-refractivity contribution < 1.29 is 0 Å². The molecule has 0 aliphatic carbocycles. The van der Waals surface area contributed by atoms with E-state index in [9.17, 15) is 0 Å². The van der Waals surface area contributed by atoms with Crippen LogP contribution in [0, 0.1) is 6.92 Å². The highest BCUT2D eigenvalue weighted by Gasteiger charge is 2.12. The van der Waals surface area contributed by atoms with Crippen molar-refractivity contribution in [3.63, 3.8) is 0 Å². The van der Waals surface area contributed by atoms with Gasteiger partial charge in [0.2, 0.25) is 0 Å². The monoisotopic (exact) mass is 278 g/mol. The van der Waals surface area contributed by atoms with Crippen LogP contribution >= 0.6 is 15.9 Å². The lowest BCUT2D eigenvalue weighted by atomic mass is 10.1. The first kappa shape index (κ1) is 11.4. The summed E-state index contributed by atoms with van der Waals surface area (Å²) in [5, 5.41) is 0. The van der Waals surface area contributed by atoms with Gasteiger partial charge >= 0.3 is 0 Å². The second-order valence-electron chi connectivity index (χ2n) is 4.31. The summed E-state index contributed by atoms with van der Waals surface area (Å²) in [6, 6.07) is 8.37. The van der Waals surface area contributed by atoms with Gasteiger partial charge in [0.05, 0.1) is 0 Å². The molecular weight excluding hydrogens is 264 g/mol. The summed E-state index contributed by atoms with van der Waals surface area (Å²) in [6.45, 7) is 6.35. The van der Waals surface area contributed by atoms with Gasteiger partial charge in [-0.15, -0.1) is 0 Å². The minimum absolute atomic E-state index is 0.412. The standard InChI is InChI=1S/C13H15BrN2/c1-8(2)13-15-11(12(14)16-13)10-6-4-5-9(3)7-10/h4-8H,1-3H3,(H,15,16). The van der Waals surface area contributed by atoms with Gasteiger partial charge < -0.3 is 4.98 Å². The van der Waals surface area contributed by atoms with Gasteiger partial charge in [-0.3, -0.25) is 0 Å². The Morgan fingerprint density at radius 2 is 2.06 bits per heavy atom. The first-order valence-corrected chi connectivity index (χ1v) is 6.19. The molecule has 0 aliphatic heterocycles. The Balaban J connectivity index is 2.48. The van der Waals surface area contributed by atoms with Crippen LogP contribution in [-0.4, -0.2) is 9.97 Å². The zero-order valence-corrected chi connectivity index (χ0v) is 11.3. The van der Waals surface area contributed by atoms with Crippen LogP contribution in [0.25, 0.3) is 11.3 Å². The highest BCUT2D eigenvalue weighted by Crippen LogP contribution is 2.28. The fourth-order valence-corrected chi connectivity index (χ4v) is 2.15. The molecule has 1 aromatic carbocycles. The van der Waals surface area contributed by atoms with E-state index in [2.05, 4.69) is 70.9 Å². The van der Waals surface area contributed by atoms with Crippen molar-refractivity contribution in [2.45, 2.75) is 26.7 Å². The molecule has 1 N–H and O–H groups in total. The SMILES string of the molecule is Cc1cccc(-c2nc(C(C)C)[nH]c2Br)c1. The van der Waals surface area contributed by atoms with Gasteiger partial charge in [0.25, 0.3) is 0 Å². The highest BCUT2D eigenvalue weighted by atomic mass is 79.9. The maximum absolute atomic E-state index is 4.62. The maximum atomic E-state index is 4.62. The van der Waals surface area contributed by atoms with Crippen molar-refractivity contribution in [3.05, 3.63) is 40.3 Å². The van der Waals surface area contributed by atoms with Gasteiger partial charge in [0, 0.05) is 11.5 Å². The fourth-order valence-electron chi connectivity index (χ4n) is 1.63. The second-order valence-corrected chi connectivity index (χ2v) is 5.10. The first-order chi connectivity index (χ1) is 7.58. The van der Waals surface area contributed by atoms with E-state index in [4.69, 9.17) is 0 Å². The van der Waals surface area contributed by atoms with Crippen molar-refractivity contribution >= 4 is 15.9 Å². The third-order valence-electron chi connectivity index (χ3n) is 2.52. The van der Waals surface area contributed by atoms with Gasteiger partial charge in [-0.1, -0.05) is 37.6 Å². The number of aromatic nitrogens is 2. The number of aryl methyl sites for hydroxylation is 1. The van der Waals surface area contributed by atoms with E-state index < -0.39 is 0 Å². The topological polar surface area (TPSA) is 28.7 Å². The van der Waals surface area contributed by atoms with E-state index in [0.717, 1.165) is 21.7 Å². The number of nitrogens with one attached hydrogen (secondary N) is 1. The molecule has 0 saturated heterocycles. The third-order valence-corrected chi connectivity index (χ3v) is 3.09. The third kappa shape index (κ3) is 2.19. The van der Waals surface area contributed by atoms with Crippen molar-refractivity contribution in [2.24, 2.45) is 0 Å². The molecule has 0 unspecified atom stereocenters. The van der Waals surface area contributed by atoms with E-state index in [1.807, 2.05) is 0 Å². The number of rotatable bonds is 2. The van der Waals surface area contributed by atoms with Crippen LogP contribution in [0.3, 0.4) is 0 Å². The predicted octanol–water partition coefficient (Wildman–Crippen LogP) is 4.27. The number of hydrogen-bond donors (Lipinski definition) is 1. The predicted molar refractivity (Wildman–Crippen MR) is 70.5 cm³/mol. The van der Waals surface area contributed by atoms with E-state index in [0.29, 0.717) is 5.92 Å². The Kier molecular flexibility index (Phi) is 3.15. The quantitative estimate of drug-likeness (QED) is 0.873. The van der Waals surface area contributed by atoms with E-state index in [1.165, 1.54) is 5.56 Å². The van der Waals surface area contributed by atoms with Gasteiger partial charge in [-0.2, -0.15) is 0 Å². The van der Waals surface area contributed by atoms with Crippen LogP contribution in [0.1, 0.15) is 31.2 Å². The minimum atomic E-state index is 0.412. The zero-order chi connectivity index (χ0) is 11.7. The number of nitrogens with zero attached hydrogens (tertiary/aromatic N) is 1. The van der Waals surface area contributed by atoms with Crippen LogP contribution < -0.4 is 0 Å². The Labute approximate surface area is 104 Å². The second kappa shape index (κ2) is 4.42. The van der Waals surface area contributed by atoms with Crippen molar-refractivity contribution in [3.8, 4) is 11.3 Å². The van der Waals surface area contributed by atoms with Gasteiger partial charge in [0.15, 0.2) is 0 Å². The average Bonchev–Trinajstić information content (AvgIpc) is 2.60. The molecule has 84 valence electrons. The van der Waals surface area contributed by atoms with Crippen LogP contribution in [0.15, 0.2) is 28.9 Å². The molecule has 2 nitrogen and oxygen atoms in total. The number of halogens is 1. The Bertz CT molecular complexity index is 500. The molecule has 1 heterocycles. The number of aromatic amines is 1. The fraction of sp³-hybridized carbons (Fsp3) is 0.308. The molecule has 0 aliphatic rings. The maximum Gasteiger partial charge on any atom is 0.110 e. The van der Waals surface area contributed by atoms with E-state index >= 15 is 0 Å². The summed E-state index contributed by atoms with van der Waals surface area (Å²) < 4.78 is 0.960. The molecule has 16 heavy (non-hydrogen) atoms. The summed E-state index contributed by atoms with van der Waals surface area (Å²) in [5.74, 6) is 1.43.